The molecule has 32 heavy (non-hydrogen) atoms. The summed E-state index contributed by atoms with van der Waals surface area (Å²) in [6.45, 7) is 5.66. The number of carbonyl (C=O) groups is 1. The maximum atomic E-state index is 12.8. The van der Waals surface area contributed by atoms with E-state index in [9.17, 15) is 13.2 Å². The molecule has 2 N–H and O–H groups in total. The van der Waals surface area contributed by atoms with E-state index in [4.69, 9.17) is 0 Å². The highest BCUT2D eigenvalue weighted by molar-refractivity contribution is 8.00. The largest absolute Gasteiger partial charge is 0.325 e. The van der Waals surface area contributed by atoms with Crippen LogP contribution in [0.3, 0.4) is 0 Å². The molecule has 1 amide bonds. The van der Waals surface area contributed by atoms with Gasteiger partial charge in [-0.25, -0.2) is 17.7 Å². The number of aryl methyl sites for hydroxylation is 2. The van der Waals surface area contributed by atoms with Crippen molar-refractivity contribution in [2.24, 2.45) is 0 Å². The Kier molecular flexibility index (Phi) is 7.37. The molecule has 1 aromatic heterocycles. The molecule has 0 radical (unpaired) electrons. The van der Waals surface area contributed by atoms with Gasteiger partial charge in [0.15, 0.2) is 5.82 Å². The van der Waals surface area contributed by atoms with Gasteiger partial charge in [0.05, 0.1) is 10.1 Å². The second-order valence-corrected chi connectivity index (χ2v) is 11.0. The number of sulfonamides is 1. The normalized spacial score (nSPS) is 12.7. The first kappa shape index (κ1) is 24.0. The van der Waals surface area contributed by atoms with Crippen LogP contribution < -0.4 is 5.32 Å². The second kappa shape index (κ2) is 9.85. The molecule has 0 spiro atoms. The number of hydrogen-bond donors (Lipinski definition) is 2. The lowest BCUT2D eigenvalue weighted by atomic mass is 10.1. The smallest absolute Gasteiger partial charge is 0.242 e. The fourth-order valence-electron chi connectivity index (χ4n) is 2.88. The number of thioether (sulfide) groups is 1. The summed E-state index contributed by atoms with van der Waals surface area (Å²) in [7, 11) is -0.661. The molecule has 0 unspecified atom stereocenters. The van der Waals surface area contributed by atoms with E-state index >= 15 is 0 Å². The molecule has 1 heterocycles. The number of aromatic nitrogens is 3. The predicted octanol–water partition coefficient (Wildman–Crippen LogP) is 3.71. The Hall–Kier alpha value is -2.69. The molecule has 0 bridgehead atoms. The monoisotopic (exact) mass is 473 g/mol. The molecule has 0 saturated carbocycles. The molecule has 0 aliphatic heterocycles. The van der Waals surface area contributed by atoms with E-state index in [0.717, 1.165) is 21.9 Å². The molecule has 0 fully saturated rings. The number of carbonyl (C=O) groups excluding carboxylic acids is 1. The number of aromatic amines is 1. The number of anilines is 1. The van der Waals surface area contributed by atoms with Crippen molar-refractivity contribution in [2.45, 2.75) is 42.5 Å². The van der Waals surface area contributed by atoms with Crippen LogP contribution in [0.2, 0.25) is 0 Å². The van der Waals surface area contributed by atoms with E-state index in [1.54, 1.807) is 13.0 Å². The Bertz CT molecular complexity index is 1200. The predicted molar refractivity (Wildman–Crippen MR) is 127 cm³/mol. The third-order valence-electron chi connectivity index (χ3n) is 5.00. The molecule has 170 valence electrons. The van der Waals surface area contributed by atoms with E-state index < -0.39 is 15.3 Å². The Morgan fingerprint density at radius 2 is 1.88 bits per heavy atom. The molecule has 0 aliphatic rings. The summed E-state index contributed by atoms with van der Waals surface area (Å²) in [5, 5.41) is 9.92. The summed E-state index contributed by atoms with van der Waals surface area (Å²) >= 11 is 1.22. The van der Waals surface area contributed by atoms with Crippen molar-refractivity contribution in [1.29, 1.82) is 0 Å². The molecular formula is C22H27N5O3S2. The Morgan fingerprint density at radius 1 is 1.19 bits per heavy atom. The Morgan fingerprint density at radius 3 is 2.50 bits per heavy atom. The van der Waals surface area contributed by atoms with Gasteiger partial charge >= 0.3 is 0 Å². The maximum absolute atomic E-state index is 12.8. The molecule has 0 saturated heterocycles. The molecule has 3 rings (SSSR count). The van der Waals surface area contributed by atoms with Crippen LogP contribution in [0.1, 0.15) is 25.0 Å². The van der Waals surface area contributed by atoms with Gasteiger partial charge in [-0.15, -0.1) is 5.10 Å². The lowest BCUT2D eigenvalue weighted by Crippen LogP contribution is -2.24. The van der Waals surface area contributed by atoms with Gasteiger partial charge in [-0.3, -0.25) is 9.89 Å². The maximum Gasteiger partial charge on any atom is 0.242 e. The summed E-state index contributed by atoms with van der Waals surface area (Å²) in [5.41, 5.74) is 3.39. The van der Waals surface area contributed by atoms with Gasteiger partial charge in [0.1, 0.15) is 0 Å². The zero-order chi connectivity index (χ0) is 23.5. The first-order valence-corrected chi connectivity index (χ1v) is 12.5. The summed E-state index contributed by atoms with van der Waals surface area (Å²) in [5.74, 6) is 0.372. The highest BCUT2D eigenvalue weighted by Crippen LogP contribution is 2.26. The zero-order valence-corrected chi connectivity index (χ0v) is 20.3. The summed E-state index contributed by atoms with van der Waals surface area (Å²) < 4.78 is 25.9. The van der Waals surface area contributed by atoms with E-state index in [2.05, 4.69) is 27.4 Å². The number of rotatable bonds is 8. The third-order valence-corrected chi connectivity index (χ3v) is 7.77. The van der Waals surface area contributed by atoms with E-state index in [1.165, 1.54) is 43.6 Å². The summed E-state index contributed by atoms with van der Waals surface area (Å²) in [6.07, 6.45) is 0.966. The molecule has 1 atom stereocenters. The van der Waals surface area contributed by atoms with Crippen LogP contribution in [0.25, 0.3) is 11.4 Å². The molecule has 10 heteroatoms. The lowest BCUT2D eigenvalue weighted by molar-refractivity contribution is -0.115. The molecule has 8 nitrogen and oxygen atoms in total. The fourth-order valence-corrected chi connectivity index (χ4v) is 4.53. The van der Waals surface area contributed by atoms with Crippen molar-refractivity contribution in [3.63, 3.8) is 0 Å². The van der Waals surface area contributed by atoms with Gasteiger partial charge in [-0.2, -0.15) is 0 Å². The zero-order valence-electron chi connectivity index (χ0n) is 18.7. The first-order valence-electron chi connectivity index (χ1n) is 10.1. The van der Waals surface area contributed by atoms with Gasteiger partial charge in [-0.05, 0) is 43.5 Å². The second-order valence-electron chi connectivity index (χ2n) is 7.53. The minimum absolute atomic E-state index is 0.122. The van der Waals surface area contributed by atoms with Crippen LogP contribution in [-0.4, -0.2) is 53.2 Å². The van der Waals surface area contributed by atoms with Crippen molar-refractivity contribution < 1.29 is 13.2 Å². The minimum Gasteiger partial charge on any atom is -0.325 e. The van der Waals surface area contributed by atoms with Gasteiger partial charge in [-0.1, -0.05) is 49.0 Å². The number of hydrogen-bond acceptors (Lipinski definition) is 6. The van der Waals surface area contributed by atoms with Crippen LogP contribution in [0.15, 0.2) is 52.5 Å². The topological polar surface area (TPSA) is 108 Å². The SMILES string of the molecule is CCc1ccc(-c2nc(S[C@H](C)C(=O)Nc3cc(S(=O)(=O)N(C)C)ccc3C)n[nH]2)cc1. The minimum atomic E-state index is -3.60. The van der Waals surface area contributed by atoms with Crippen molar-refractivity contribution in [2.75, 3.05) is 19.4 Å². The van der Waals surface area contributed by atoms with Crippen LogP contribution in [0.5, 0.6) is 0 Å². The standard InChI is InChI=1S/C22H27N5O3S2/c1-6-16-8-10-17(11-9-16)20-24-22(26-25-20)31-15(3)21(28)23-19-13-18(12-7-14(19)2)32(29,30)27(4)5/h7-13,15H,6H2,1-5H3,(H,23,28)(H,24,25,26)/t15-/m1/s1. The van der Waals surface area contributed by atoms with Crippen molar-refractivity contribution >= 4 is 33.4 Å². The number of nitrogens with one attached hydrogen (secondary N) is 2. The fraction of sp³-hybridized carbons (Fsp3) is 0.318. The van der Waals surface area contributed by atoms with Crippen LogP contribution >= 0.6 is 11.8 Å². The lowest BCUT2D eigenvalue weighted by Gasteiger charge is -2.15. The average molecular weight is 474 g/mol. The van der Waals surface area contributed by atoms with Crippen molar-refractivity contribution in [3.8, 4) is 11.4 Å². The summed E-state index contributed by atoms with van der Waals surface area (Å²) in [6, 6.07) is 12.8. The molecular weight excluding hydrogens is 446 g/mol. The molecule has 2 aromatic carbocycles. The summed E-state index contributed by atoms with van der Waals surface area (Å²) in [4.78, 5) is 17.4. The van der Waals surface area contributed by atoms with Crippen LogP contribution in [0.4, 0.5) is 5.69 Å². The van der Waals surface area contributed by atoms with Gasteiger partial charge < -0.3 is 5.32 Å². The van der Waals surface area contributed by atoms with Crippen LogP contribution in [-0.2, 0) is 21.2 Å². The number of benzene rings is 2. The highest BCUT2D eigenvalue weighted by atomic mass is 32.2. The molecule has 3 aromatic rings. The van der Waals surface area contributed by atoms with Gasteiger partial charge in [0, 0.05) is 25.3 Å². The Balaban J connectivity index is 1.70. The van der Waals surface area contributed by atoms with E-state index in [0.29, 0.717) is 16.7 Å². The average Bonchev–Trinajstić information content (AvgIpc) is 3.23. The quantitative estimate of drug-likeness (QED) is 0.483. The first-order chi connectivity index (χ1) is 15.1. The van der Waals surface area contributed by atoms with E-state index in [-0.39, 0.29) is 10.8 Å². The number of amides is 1. The van der Waals surface area contributed by atoms with Gasteiger partial charge in [0.25, 0.3) is 0 Å². The Labute approximate surface area is 192 Å². The highest BCUT2D eigenvalue weighted by Gasteiger charge is 2.21. The number of nitrogens with zero attached hydrogens (tertiary/aromatic N) is 3. The van der Waals surface area contributed by atoms with Crippen LogP contribution in [0, 0.1) is 6.92 Å². The number of H-pyrrole nitrogens is 1. The van der Waals surface area contributed by atoms with Crippen molar-refractivity contribution in [1.82, 2.24) is 19.5 Å². The third kappa shape index (κ3) is 5.37. The molecule has 0 aliphatic carbocycles. The van der Waals surface area contributed by atoms with E-state index in [1.807, 2.05) is 31.2 Å². The van der Waals surface area contributed by atoms with Crippen molar-refractivity contribution in [3.05, 3.63) is 53.6 Å². The van der Waals surface area contributed by atoms with Gasteiger partial charge in [0.2, 0.25) is 21.1 Å².